The van der Waals surface area contributed by atoms with Crippen LogP contribution in [0.15, 0.2) is 48.5 Å². The summed E-state index contributed by atoms with van der Waals surface area (Å²) in [5.41, 5.74) is 1.39. The Hall–Kier alpha value is -2.36. The lowest BCUT2D eigenvalue weighted by Crippen LogP contribution is -2.45. The molecular formula is C19H20FNO2. The molecule has 4 heteroatoms. The van der Waals surface area contributed by atoms with E-state index in [2.05, 4.69) is 11.4 Å². The first kappa shape index (κ1) is 15.5. The van der Waals surface area contributed by atoms with Crippen LogP contribution in [-0.2, 0) is 5.41 Å². The summed E-state index contributed by atoms with van der Waals surface area (Å²) in [4.78, 5) is 12.3. The van der Waals surface area contributed by atoms with E-state index in [0.717, 1.165) is 30.6 Å². The number of carbonyl (C=O) groups excluding carboxylic acids is 1. The molecule has 0 saturated heterocycles. The van der Waals surface area contributed by atoms with Gasteiger partial charge in [0.1, 0.15) is 11.6 Å². The molecule has 120 valence electrons. The Labute approximate surface area is 135 Å². The molecule has 0 aromatic heterocycles. The fraction of sp³-hybridized carbons (Fsp3) is 0.316. The van der Waals surface area contributed by atoms with Crippen LogP contribution in [0.2, 0.25) is 0 Å². The van der Waals surface area contributed by atoms with E-state index in [9.17, 15) is 9.18 Å². The zero-order chi connectivity index (χ0) is 16.3. The van der Waals surface area contributed by atoms with E-state index in [1.807, 2.05) is 18.2 Å². The van der Waals surface area contributed by atoms with Crippen molar-refractivity contribution < 1.29 is 13.9 Å². The van der Waals surface area contributed by atoms with Crippen LogP contribution in [-0.4, -0.2) is 19.6 Å². The summed E-state index contributed by atoms with van der Waals surface area (Å²) in [6.07, 6.45) is 3.15. The van der Waals surface area contributed by atoms with Gasteiger partial charge in [0.15, 0.2) is 0 Å². The fourth-order valence-electron chi connectivity index (χ4n) is 3.21. The van der Waals surface area contributed by atoms with Crippen molar-refractivity contribution in [2.45, 2.75) is 24.7 Å². The van der Waals surface area contributed by atoms with Crippen molar-refractivity contribution in [2.75, 3.05) is 13.7 Å². The van der Waals surface area contributed by atoms with E-state index in [1.54, 1.807) is 19.2 Å². The van der Waals surface area contributed by atoms with Gasteiger partial charge in [0.25, 0.3) is 5.91 Å². The molecule has 0 radical (unpaired) electrons. The van der Waals surface area contributed by atoms with E-state index in [0.29, 0.717) is 12.1 Å². The third kappa shape index (κ3) is 3.07. The maximum Gasteiger partial charge on any atom is 0.251 e. The van der Waals surface area contributed by atoms with Crippen LogP contribution in [0.4, 0.5) is 4.39 Å². The van der Waals surface area contributed by atoms with Gasteiger partial charge in [0.2, 0.25) is 0 Å². The van der Waals surface area contributed by atoms with Crippen LogP contribution in [0.1, 0.15) is 35.2 Å². The van der Waals surface area contributed by atoms with Crippen LogP contribution < -0.4 is 10.1 Å². The number of hydrogen-bond donors (Lipinski definition) is 1. The zero-order valence-corrected chi connectivity index (χ0v) is 13.1. The van der Waals surface area contributed by atoms with E-state index in [1.165, 1.54) is 12.1 Å². The molecule has 1 saturated carbocycles. The van der Waals surface area contributed by atoms with E-state index in [4.69, 9.17) is 4.74 Å². The lowest BCUT2D eigenvalue weighted by atomic mass is 9.64. The topological polar surface area (TPSA) is 38.3 Å². The van der Waals surface area contributed by atoms with E-state index >= 15 is 0 Å². The van der Waals surface area contributed by atoms with Crippen LogP contribution in [0.3, 0.4) is 0 Å². The minimum atomic E-state index is -0.402. The van der Waals surface area contributed by atoms with Gasteiger partial charge in [-0.3, -0.25) is 4.79 Å². The summed E-state index contributed by atoms with van der Waals surface area (Å²) >= 11 is 0. The minimum Gasteiger partial charge on any atom is -0.496 e. The number of methoxy groups -OCH3 is 1. The number of benzene rings is 2. The van der Waals surface area contributed by atoms with Crippen molar-refractivity contribution >= 4 is 5.91 Å². The van der Waals surface area contributed by atoms with Crippen LogP contribution >= 0.6 is 0 Å². The second kappa shape index (κ2) is 6.41. The minimum absolute atomic E-state index is 0.0877. The molecule has 2 aromatic rings. The normalized spacial score (nSPS) is 15.6. The summed E-state index contributed by atoms with van der Waals surface area (Å²) in [5.74, 6) is 0.207. The Morgan fingerprint density at radius 2 is 2.00 bits per heavy atom. The molecule has 3 rings (SSSR count). The van der Waals surface area contributed by atoms with Gasteiger partial charge in [0, 0.05) is 23.1 Å². The first-order valence-corrected chi connectivity index (χ1v) is 7.82. The number of carbonyl (C=O) groups is 1. The standard InChI is InChI=1S/C19H20FNO2/c1-23-17-9-3-2-8-16(17)19(10-5-11-19)13-21-18(22)14-6-4-7-15(20)12-14/h2-4,6-9,12H,5,10-11,13H2,1H3,(H,21,22). The average Bonchev–Trinajstić information content (AvgIpc) is 2.54. The molecule has 1 amide bonds. The highest BCUT2D eigenvalue weighted by atomic mass is 19.1. The van der Waals surface area contributed by atoms with Crippen LogP contribution in [0.5, 0.6) is 5.75 Å². The van der Waals surface area contributed by atoms with Gasteiger partial charge in [-0.15, -0.1) is 0 Å². The second-order valence-corrected chi connectivity index (χ2v) is 6.03. The van der Waals surface area contributed by atoms with E-state index in [-0.39, 0.29) is 11.3 Å². The molecule has 0 bridgehead atoms. The molecule has 1 aliphatic rings. The number of nitrogens with one attached hydrogen (secondary N) is 1. The number of ether oxygens (including phenoxy) is 1. The molecule has 0 atom stereocenters. The molecule has 23 heavy (non-hydrogen) atoms. The molecular weight excluding hydrogens is 293 g/mol. The van der Waals surface area contributed by atoms with Gasteiger partial charge < -0.3 is 10.1 Å². The summed E-state index contributed by atoms with van der Waals surface area (Å²) in [5, 5.41) is 2.96. The van der Waals surface area contributed by atoms with Gasteiger partial charge >= 0.3 is 0 Å². The maximum absolute atomic E-state index is 13.2. The first-order chi connectivity index (χ1) is 11.1. The molecule has 2 aromatic carbocycles. The highest BCUT2D eigenvalue weighted by Crippen LogP contribution is 2.46. The molecule has 0 aliphatic heterocycles. The highest BCUT2D eigenvalue weighted by Gasteiger charge is 2.40. The van der Waals surface area contributed by atoms with Crippen molar-refractivity contribution in [1.82, 2.24) is 5.32 Å². The summed E-state index contributed by atoms with van der Waals surface area (Å²) in [6, 6.07) is 13.7. The molecule has 0 heterocycles. The molecule has 3 nitrogen and oxygen atoms in total. The smallest absolute Gasteiger partial charge is 0.251 e. The fourth-order valence-corrected chi connectivity index (χ4v) is 3.21. The predicted octanol–water partition coefficient (Wildman–Crippen LogP) is 3.69. The number of rotatable bonds is 5. The van der Waals surface area contributed by atoms with Gasteiger partial charge in [-0.25, -0.2) is 4.39 Å². The number of para-hydroxylation sites is 1. The quantitative estimate of drug-likeness (QED) is 0.914. The Kier molecular flexibility index (Phi) is 4.33. The number of halogens is 1. The lowest BCUT2D eigenvalue weighted by molar-refractivity contribution is 0.0926. The van der Waals surface area contributed by atoms with Crippen molar-refractivity contribution in [3.8, 4) is 5.75 Å². The van der Waals surface area contributed by atoms with Crippen molar-refractivity contribution in [3.05, 3.63) is 65.5 Å². The Bertz CT molecular complexity index is 710. The number of amides is 1. The second-order valence-electron chi connectivity index (χ2n) is 6.03. The largest absolute Gasteiger partial charge is 0.496 e. The molecule has 1 aliphatic carbocycles. The SMILES string of the molecule is COc1ccccc1C1(CNC(=O)c2cccc(F)c2)CCC1. The zero-order valence-electron chi connectivity index (χ0n) is 13.1. The van der Waals surface area contributed by atoms with Crippen molar-refractivity contribution in [3.63, 3.8) is 0 Å². The molecule has 0 spiro atoms. The maximum atomic E-state index is 13.2. The first-order valence-electron chi connectivity index (χ1n) is 7.82. The van der Waals surface area contributed by atoms with Gasteiger partial charge in [-0.1, -0.05) is 30.7 Å². The Balaban J connectivity index is 1.76. The summed E-state index contributed by atoms with van der Waals surface area (Å²) in [7, 11) is 1.66. The summed E-state index contributed by atoms with van der Waals surface area (Å²) < 4.78 is 18.7. The molecule has 0 unspecified atom stereocenters. The van der Waals surface area contributed by atoms with Crippen molar-refractivity contribution in [1.29, 1.82) is 0 Å². The van der Waals surface area contributed by atoms with Gasteiger partial charge in [-0.05, 0) is 37.1 Å². The van der Waals surface area contributed by atoms with Gasteiger partial charge in [0.05, 0.1) is 7.11 Å². The summed E-state index contributed by atoms with van der Waals surface area (Å²) in [6.45, 7) is 0.530. The Morgan fingerprint density at radius 1 is 1.22 bits per heavy atom. The van der Waals surface area contributed by atoms with Crippen molar-refractivity contribution in [2.24, 2.45) is 0 Å². The average molecular weight is 313 g/mol. The lowest BCUT2D eigenvalue weighted by Gasteiger charge is -2.43. The third-order valence-electron chi connectivity index (χ3n) is 4.66. The highest BCUT2D eigenvalue weighted by molar-refractivity contribution is 5.94. The van der Waals surface area contributed by atoms with Crippen LogP contribution in [0, 0.1) is 5.82 Å². The van der Waals surface area contributed by atoms with Crippen LogP contribution in [0.25, 0.3) is 0 Å². The molecule has 1 fully saturated rings. The number of hydrogen-bond acceptors (Lipinski definition) is 2. The Morgan fingerprint density at radius 3 is 2.65 bits per heavy atom. The predicted molar refractivity (Wildman–Crippen MR) is 87.3 cm³/mol. The molecule has 1 N–H and O–H groups in total. The van der Waals surface area contributed by atoms with Gasteiger partial charge in [-0.2, -0.15) is 0 Å². The monoisotopic (exact) mass is 313 g/mol. The van der Waals surface area contributed by atoms with E-state index < -0.39 is 5.82 Å². The third-order valence-corrected chi connectivity index (χ3v) is 4.66.